The number of carbonyl (C=O) groups is 1. The summed E-state index contributed by atoms with van der Waals surface area (Å²) in [7, 11) is 0. The summed E-state index contributed by atoms with van der Waals surface area (Å²) in [6.45, 7) is 4.54. The van der Waals surface area contributed by atoms with E-state index in [4.69, 9.17) is 14.5 Å². The van der Waals surface area contributed by atoms with Crippen LogP contribution in [0, 0.1) is 0 Å². The number of fused-ring (bicyclic) bond motifs is 3. The first-order chi connectivity index (χ1) is 15.9. The van der Waals surface area contributed by atoms with Crippen molar-refractivity contribution in [2.45, 2.75) is 69.6 Å². The first-order valence-electron chi connectivity index (χ1n) is 11.8. The van der Waals surface area contributed by atoms with Gasteiger partial charge in [-0.2, -0.15) is 0 Å². The van der Waals surface area contributed by atoms with E-state index in [2.05, 4.69) is 5.32 Å². The summed E-state index contributed by atoms with van der Waals surface area (Å²) < 4.78 is 15.4. The lowest BCUT2D eigenvalue weighted by atomic mass is 9.85. The van der Waals surface area contributed by atoms with Gasteiger partial charge in [-0.25, -0.2) is 4.98 Å². The Kier molecular flexibility index (Phi) is 4.62. The molecule has 3 aliphatic rings. The molecule has 33 heavy (non-hydrogen) atoms. The molecule has 0 radical (unpaired) electrons. The number of hydrogen-bond donors (Lipinski definition) is 1. The zero-order chi connectivity index (χ0) is 22.7. The maximum Gasteiger partial charge on any atom is 0.274 e. The Balaban J connectivity index is 1.37. The standard InChI is InChI=1S/C25H28N4O4/c1-15(2)33-20-10-22-27-21(25-8-7-17(11-25)32-14-25)13-28(22)12-18(20)23(30)26-19-4-3-9-29(24(19)31)16-5-6-16/h3-4,9-10,12-13,15-17H,5-8,11,14H2,1-2H3,(H,26,30)/t17-,25-/m0/s1. The van der Waals surface area contributed by atoms with Crippen LogP contribution in [0.25, 0.3) is 5.65 Å². The maximum atomic E-state index is 13.3. The van der Waals surface area contributed by atoms with Crippen LogP contribution < -0.4 is 15.6 Å². The Morgan fingerprint density at radius 1 is 1.30 bits per heavy atom. The van der Waals surface area contributed by atoms with Crippen molar-refractivity contribution in [1.29, 1.82) is 0 Å². The molecule has 172 valence electrons. The highest BCUT2D eigenvalue weighted by atomic mass is 16.5. The van der Waals surface area contributed by atoms with Crippen LogP contribution in [-0.4, -0.2) is 38.7 Å². The molecular formula is C25H28N4O4. The summed E-state index contributed by atoms with van der Waals surface area (Å²) in [6.07, 6.45) is 10.9. The molecule has 4 heterocycles. The van der Waals surface area contributed by atoms with Crippen molar-refractivity contribution < 1.29 is 14.3 Å². The van der Waals surface area contributed by atoms with Gasteiger partial charge in [0.05, 0.1) is 30.1 Å². The molecule has 0 aromatic carbocycles. The van der Waals surface area contributed by atoms with Gasteiger partial charge < -0.3 is 23.8 Å². The molecule has 2 aliphatic carbocycles. The van der Waals surface area contributed by atoms with Gasteiger partial charge >= 0.3 is 0 Å². The minimum absolute atomic E-state index is 0.0316. The molecule has 1 N–H and O–H groups in total. The lowest BCUT2D eigenvalue weighted by molar-refractivity contribution is 0.0692. The summed E-state index contributed by atoms with van der Waals surface area (Å²) >= 11 is 0. The molecule has 6 rings (SSSR count). The van der Waals surface area contributed by atoms with Gasteiger partial charge in [-0.1, -0.05) is 0 Å². The smallest absolute Gasteiger partial charge is 0.274 e. The van der Waals surface area contributed by atoms with Crippen LogP contribution in [0.4, 0.5) is 5.69 Å². The van der Waals surface area contributed by atoms with Crippen molar-refractivity contribution in [1.82, 2.24) is 14.0 Å². The van der Waals surface area contributed by atoms with E-state index in [9.17, 15) is 9.59 Å². The fraction of sp³-hybridized carbons (Fsp3) is 0.480. The van der Waals surface area contributed by atoms with E-state index in [1.54, 1.807) is 29.1 Å². The van der Waals surface area contributed by atoms with Crippen LogP contribution in [0.15, 0.2) is 41.6 Å². The number of nitrogens with one attached hydrogen (secondary N) is 1. The van der Waals surface area contributed by atoms with Crippen LogP contribution >= 0.6 is 0 Å². The Morgan fingerprint density at radius 2 is 2.15 bits per heavy atom. The lowest BCUT2D eigenvalue weighted by Crippen LogP contribution is -2.25. The number of carbonyl (C=O) groups excluding carboxylic acids is 1. The van der Waals surface area contributed by atoms with Crippen LogP contribution in [-0.2, 0) is 10.2 Å². The molecule has 0 unspecified atom stereocenters. The predicted octanol–water partition coefficient (Wildman–Crippen LogP) is 3.69. The second kappa shape index (κ2) is 7.45. The van der Waals surface area contributed by atoms with Gasteiger partial charge in [0.2, 0.25) is 0 Å². The third-order valence-electron chi connectivity index (χ3n) is 7.03. The van der Waals surface area contributed by atoms with Crippen molar-refractivity contribution in [2.75, 3.05) is 11.9 Å². The van der Waals surface area contributed by atoms with E-state index in [1.807, 2.05) is 30.5 Å². The quantitative estimate of drug-likeness (QED) is 0.622. The Bertz CT molecular complexity index is 1300. The van der Waals surface area contributed by atoms with E-state index in [0.717, 1.165) is 43.4 Å². The molecule has 8 nitrogen and oxygen atoms in total. The fourth-order valence-electron chi connectivity index (χ4n) is 5.16. The van der Waals surface area contributed by atoms with E-state index in [-0.39, 0.29) is 34.7 Å². The minimum atomic E-state index is -0.378. The molecule has 2 bridgehead atoms. The summed E-state index contributed by atoms with van der Waals surface area (Å²) in [5, 5.41) is 2.81. The monoisotopic (exact) mass is 448 g/mol. The Hall–Kier alpha value is -3.13. The molecule has 1 amide bonds. The van der Waals surface area contributed by atoms with Crippen LogP contribution in [0.2, 0.25) is 0 Å². The lowest BCUT2D eigenvalue weighted by Gasteiger charge is -2.22. The zero-order valence-corrected chi connectivity index (χ0v) is 18.9. The van der Waals surface area contributed by atoms with Crippen LogP contribution in [0.5, 0.6) is 5.75 Å². The van der Waals surface area contributed by atoms with E-state index < -0.39 is 0 Å². The average molecular weight is 449 g/mol. The normalized spacial score (nSPS) is 24.0. The van der Waals surface area contributed by atoms with Crippen molar-refractivity contribution in [2.24, 2.45) is 0 Å². The third kappa shape index (κ3) is 3.53. The number of hydrogen-bond acceptors (Lipinski definition) is 5. The summed E-state index contributed by atoms with van der Waals surface area (Å²) in [4.78, 5) is 31.0. The predicted molar refractivity (Wildman–Crippen MR) is 123 cm³/mol. The molecule has 1 aliphatic heterocycles. The average Bonchev–Trinajstić information content (AvgIpc) is 3.22. The third-order valence-corrected chi connectivity index (χ3v) is 7.03. The van der Waals surface area contributed by atoms with E-state index in [0.29, 0.717) is 24.0 Å². The van der Waals surface area contributed by atoms with Crippen LogP contribution in [0.1, 0.15) is 68.0 Å². The minimum Gasteiger partial charge on any atom is -0.490 e. The highest BCUT2D eigenvalue weighted by molar-refractivity contribution is 6.06. The van der Waals surface area contributed by atoms with Crippen molar-refractivity contribution in [3.05, 3.63) is 58.4 Å². The highest BCUT2D eigenvalue weighted by Crippen LogP contribution is 2.47. The number of pyridine rings is 2. The first kappa shape index (κ1) is 20.5. The first-order valence-corrected chi connectivity index (χ1v) is 11.8. The topological polar surface area (TPSA) is 86.9 Å². The van der Waals surface area contributed by atoms with Crippen molar-refractivity contribution >= 4 is 17.2 Å². The SMILES string of the molecule is CC(C)Oc1cc2nc([C@@]34CC[C@@H](C3)OC4)cn2cc1C(=O)Nc1cccn(C2CC2)c1=O. The second-order valence-electron chi connectivity index (χ2n) is 9.89. The second-order valence-corrected chi connectivity index (χ2v) is 9.89. The van der Waals surface area contributed by atoms with Gasteiger partial charge in [0.25, 0.3) is 11.5 Å². The van der Waals surface area contributed by atoms with Gasteiger partial charge in [-0.05, 0) is 58.1 Å². The van der Waals surface area contributed by atoms with Gasteiger partial charge in [-0.3, -0.25) is 9.59 Å². The maximum absolute atomic E-state index is 13.3. The molecule has 8 heteroatoms. The van der Waals surface area contributed by atoms with Gasteiger partial charge in [0, 0.05) is 36.1 Å². The van der Waals surface area contributed by atoms with Gasteiger partial charge in [0.15, 0.2) is 0 Å². The highest BCUT2D eigenvalue weighted by Gasteiger charge is 2.48. The fourth-order valence-corrected chi connectivity index (χ4v) is 5.16. The molecule has 2 atom stereocenters. The molecular weight excluding hydrogens is 420 g/mol. The van der Waals surface area contributed by atoms with Gasteiger partial charge in [0.1, 0.15) is 17.1 Å². The van der Waals surface area contributed by atoms with Crippen molar-refractivity contribution in [3.63, 3.8) is 0 Å². The molecule has 3 fully saturated rings. The number of imidazole rings is 1. The number of ether oxygens (including phenoxy) is 2. The summed E-state index contributed by atoms with van der Waals surface area (Å²) in [5.41, 5.74) is 2.17. The molecule has 0 spiro atoms. The van der Waals surface area contributed by atoms with E-state index >= 15 is 0 Å². The van der Waals surface area contributed by atoms with E-state index in [1.165, 1.54) is 0 Å². The Morgan fingerprint density at radius 3 is 2.82 bits per heavy atom. The zero-order valence-electron chi connectivity index (χ0n) is 18.9. The number of anilines is 1. The summed E-state index contributed by atoms with van der Waals surface area (Å²) in [6, 6.07) is 5.49. The summed E-state index contributed by atoms with van der Waals surface area (Å²) in [5.74, 6) is 0.0758. The number of aromatic nitrogens is 3. The number of amides is 1. The largest absolute Gasteiger partial charge is 0.490 e. The van der Waals surface area contributed by atoms with Crippen LogP contribution in [0.3, 0.4) is 0 Å². The van der Waals surface area contributed by atoms with Crippen molar-refractivity contribution in [3.8, 4) is 5.75 Å². The number of rotatable bonds is 6. The van der Waals surface area contributed by atoms with Gasteiger partial charge in [-0.15, -0.1) is 0 Å². The molecule has 3 aromatic rings. The molecule has 2 saturated carbocycles. The molecule has 3 aromatic heterocycles. The Labute approximate surface area is 191 Å². The molecule has 1 saturated heterocycles. The number of nitrogens with zero attached hydrogens (tertiary/aromatic N) is 3.